The van der Waals surface area contributed by atoms with Gasteiger partial charge in [0.1, 0.15) is 0 Å². The van der Waals surface area contributed by atoms with Crippen LogP contribution in [0.15, 0.2) is 0 Å². The second-order valence-corrected chi connectivity index (χ2v) is 4.01. The average Bonchev–Trinajstić information content (AvgIpc) is 2.25. The van der Waals surface area contributed by atoms with Crippen molar-refractivity contribution in [1.29, 1.82) is 0 Å². The van der Waals surface area contributed by atoms with E-state index in [2.05, 4.69) is 0 Å². The molecule has 0 bridgehead atoms. The van der Waals surface area contributed by atoms with Gasteiger partial charge in [-0.15, -0.1) is 11.6 Å². The molecule has 5 nitrogen and oxygen atoms in total. The van der Waals surface area contributed by atoms with Crippen molar-refractivity contribution >= 4 is 23.5 Å². The van der Waals surface area contributed by atoms with E-state index in [4.69, 9.17) is 21.8 Å². The highest BCUT2D eigenvalue weighted by Crippen LogP contribution is 2.38. The standard InChI is InChI=1S/C8H11ClO5/c9-4-2-5(10)7(8(13)14)3(4)1-6(11)12/h3-5,7,10H,1-2H2,(H,11,12)(H,13,14). The van der Waals surface area contributed by atoms with Crippen LogP contribution in [0.3, 0.4) is 0 Å². The van der Waals surface area contributed by atoms with Crippen LogP contribution in [-0.4, -0.2) is 38.7 Å². The van der Waals surface area contributed by atoms with Crippen LogP contribution in [0, 0.1) is 11.8 Å². The first kappa shape index (κ1) is 11.3. The van der Waals surface area contributed by atoms with E-state index in [0.717, 1.165) is 0 Å². The Morgan fingerprint density at radius 2 is 1.93 bits per heavy atom. The normalized spacial score (nSPS) is 37.0. The van der Waals surface area contributed by atoms with Crippen LogP contribution < -0.4 is 0 Å². The molecule has 0 aromatic carbocycles. The highest BCUT2D eigenvalue weighted by molar-refractivity contribution is 6.21. The molecule has 0 spiro atoms. The molecular weight excluding hydrogens is 212 g/mol. The van der Waals surface area contributed by atoms with Crippen molar-refractivity contribution in [2.24, 2.45) is 11.8 Å². The van der Waals surface area contributed by atoms with E-state index in [1.54, 1.807) is 0 Å². The summed E-state index contributed by atoms with van der Waals surface area (Å²) in [5.74, 6) is -4.04. The molecule has 1 aliphatic rings. The summed E-state index contributed by atoms with van der Waals surface area (Å²) in [6.45, 7) is 0. The predicted molar refractivity (Wildman–Crippen MR) is 47.1 cm³/mol. The first-order chi connectivity index (χ1) is 6.43. The van der Waals surface area contributed by atoms with Gasteiger partial charge in [-0.1, -0.05) is 0 Å². The molecule has 4 atom stereocenters. The second-order valence-electron chi connectivity index (χ2n) is 3.44. The van der Waals surface area contributed by atoms with Gasteiger partial charge < -0.3 is 15.3 Å². The molecular formula is C8H11ClO5. The van der Waals surface area contributed by atoms with E-state index in [1.165, 1.54) is 0 Å². The Bertz CT molecular complexity index is 254. The molecule has 80 valence electrons. The maximum Gasteiger partial charge on any atom is 0.309 e. The topological polar surface area (TPSA) is 94.8 Å². The van der Waals surface area contributed by atoms with Crippen molar-refractivity contribution in [2.45, 2.75) is 24.3 Å². The van der Waals surface area contributed by atoms with Crippen LogP contribution in [0.5, 0.6) is 0 Å². The minimum absolute atomic E-state index is 0.135. The number of rotatable bonds is 3. The van der Waals surface area contributed by atoms with Crippen molar-refractivity contribution in [3.63, 3.8) is 0 Å². The largest absolute Gasteiger partial charge is 0.481 e. The lowest BCUT2D eigenvalue weighted by molar-refractivity contribution is -0.147. The van der Waals surface area contributed by atoms with Gasteiger partial charge in [-0.3, -0.25) is 9.59 Å². The third-order valence-corrected chi connectivity index (χ3v) is 3.00. The minimum atomic E-state index is -1.19. The number of aliphatic hydroxyl groups is 1. The third kappa shape index (κ3) is 2.16. The Hall–Kier alpha value is -0.810. The van der Waals surface area contributed by atoms with E-state index >= 15 is 0 Å². The van der Waals surface area contributed by atoms with Crippen molar-refractivity contribution in [2.75, 3.05) is 0 Å². The second kappa shape index (κ2) is 4.14. The summed E-state index contributed by atoms with van der Waals surface area (Å²) in [6.07, 6.45) is -1.22. The van der Waals surface area contributed by atoms with Gasteiger partial charge in [0.05, 0.1) is 18.4 Å². The molecule has 0 aromatic rings. The van der Waals surface area contributed by atoms with Crippen molar-refractivity contribution in [1.82, 2.24) is 0 Å². The van der Waals surface area contributed by atoms with Crippen LogP contribution in [0.1, 0.15) is 12.8 Å². The molecule has 6 heteroatoms. The summed E-state index contributed by atoms with van der Waals surface area (Å²) in [7, 11) is 0. The van der Waals surface area contributed by atoms with Crippen LogP contribution in [0.4, 0.5) is 0 Å². The Morgan fingerprint density at radius 3 is 2.36 bits per heavy atom. The molecule has 4 unspecified atom stereocenters. The smallest absolute Gasteiger partial charge is 0.309 e. The summed E-state index contributed by atoms with van der Waals surface area (Å²) < 4.78 is 0. The van der Waals surface area contributed by atoms with E-state index < -0.39 is 35.3 Å². The third-order valence-electron chi connectivity index (χ3n) is 2.50. The molecule has 0 aromatic heterocycles. The zero-order valence-electron chi connectivity index (χ0n) is 7.26. The van der Waals surface area contributed by atoms with Crippen LogP contribution in [0.2, 0.25) is 0 Å². The van der Waals surface area contributed by atoms with Crippen LogP contribution in [0.25, 0.3) is 0 Å². The van der Waals surface area contributed by atoms with Crippen molar-refractivity contribution < 1.29 is 24.9 Å². The zero-order valence-corrected chi connectivity index (χ0v) is 8.02. The molecule has 1 fully saturated rings. The number of aliphatic hydroxyl groups excluding tert-OH is 1. The number of aliphatic carboxylic acids is 2. The summed E-state index contributed by atoms with van der Waals surface area (Å²) >= 11 is 5.77. The lowest BCUT2D eigenvalue weighted by Crippen LogP contribution is -2.30. The van der Waals surface area contributed by atoms with Crippen LogP contribution in [-0.2, 0) is 9.59 Å². The fraction of sp³-hybridized carbons (Fsp3) is 0.750. The van der Waals surface area contributed by atoms with E-state index in [9.17, 15) is 14.7 Å². The number of hydrogen-bond donors (Lipinski definition) is 3. The van der Waals surface area contributed by atoms with E-state index in [-0.39, 0.29) is 12.8 Å². The van der Waals surface area contributed by atoms with Gasteiger partial charge in [0.2, 0.25) is 0 Å². The maximum atomic E-state index is 10.7. The fourth-order valence-corrected chi connectivity index (χ4v) is 2.29. The Balaban J connectivity index is 2.78. The van der Waals surface area contributed by atoms with Gasteiger partial charge in [-0.2, -0.15) is 0 Å². The van der Waals surface area contributed by atoms with Gasteiger partial charge in [-0.25, -0.2) is 0 Å². The highest BCUT2D eigenvalue weighted by atomic mass is 35.5. The maximum absolute atomic E-state index is 10.7. The summed E-state index contributed by atoms with van der Waals surface area (Å²) in [5, 5.41) is 26.1. The van der Waals surface area contributed by atoms with Crippen LogP contribution >= 0.6 is 11.6 Å². The molecule has 14 heavy (non-hydrogen) atoms. The first-order valence-electron chi connectivity index (χ1n) is 4.20. The molecule has 0 aliphatic heterocycles. The van der Waals surface area contributed by atoms with Gasteiger partial charge in [0.15, 0.2) is 0 Å². The fourth-order valence-electron chi connectivity index (χ4n) is 1.87. The minimum Gasteiger partial charge on any atom is -0.481 e. The molecule has 1 aliphatic carbocycles. The highest BCUT2D eigenvalue weighted by Gasteiger charge is 2.46. The average molecular weight is 223 g/mol. The lowest BCUT2D eigenvalue weighted by atomic mass is 9.92. The monoisotopic (exact) mass is 222 g/mol. The zero-order chi connectivity index (χ0) is 10.9. The summed E-state index contributed by atoms with van der Waals surface area (Å²) in [5.41, 5.74) is 0. The van der Waals surface area contributed by atoms with Crippen molar-refractivity contribution in [3.8, 4) is 0 Å². The van der Waals surface area contributed by atoms with Gasteiger partial charge >= 0.3 is 11.9 Å². The number of hydrogen-bond acceptors (Lipinski definition) is 3. The quantitative estimate of drug-likeness (QED) is 0.591. The van der Waals surface area contributed by atoms with Crippen molar-refractivity contribution in [3.05, 3.63) is 0 Å². The summed E-state index contributed by atoms with van der Waals surface area (Å²) in [6, 6.07) is 0. The van der Waals surface area contributed by atoms with E-state index in [1.807, 2.05) is 0 Å². The lowest BCUT2D eigenvalue weighted by Gasteiger charge is -2.17. The molecule has 1 rings (SSSR count). The van der Waals surface area contributed by atoms with E-state index in [0.29, 0.717) is 0 Å². The number of halogens is 1. The van der Waals surface area contributed by atoms with Gasteiger partial charge in [0, 0.05) is 11.3 Å². The SMILES string of the molecule is O=C(O)CC1C(Cl)CC(O)C1C(=O)O. The number of alkyl halides is 1. The summed E-state index contributed by atoms with van der Waals surface area (Å²) in [4.78, 5) is 21.2. The first-order valence-corrected chi connectivity index (χ1v) is 4.64. The molecule has 3 N–H and O–H groups in total. The Morgan fingerprint density at radius 1 is 1.36 bits per heavy atom. The number of carboxylic acid groups (broad SMARTS) is 2. The molecule has 0 heterocycles. The molecule has 0 amide bonds. The number of carboxylic acids is 2. The molecule has 0 saturated heterocycles. The molecule has 0 radical (unpaired) electrons. The van der Waals surface area contributed by atoms with Gasteiger partial charge in [-0.05, 0) is 6.42 Å². The molecule has 1 saturated carbocycles. The Labute approximate surface area is 85.3 Å². The Kier molecular flexibility index (Phi) is 3.34. The predicted octanol–water partition coefficient (Wildman–Crippen LogP) is 0.150. The van der Waals surface area contributed by atoms with Gasteiger partial charge in [0.25, 0.3) is 0 Å². The number of carbonyl (C=O) groups is 2.